The Balaban J connectivity index is 1.34. The number of hydrogen-bond acceptors (Lipinski definition) is 8. The van der Waals surface area contributed by atoms with Gasteiger partial charge in [0.05, 0.1) is 26.1 Å². The summed E-state index contributed by atoms with van der Waals surface area (Å²) in [6.45, 7) is 7.10. The molecule has 1 aromatic heterocycles. The van der Waals surface area contributed by atoms with Gasteiger partial charge in [-0.25, -0.2) is 9.78 Å². The maximum atomic E-state index is 12.9. The molecule has 0 aliphatic rings. The van der Waals surface area contributed by atoms with Crippen LogP contribution in [0.25, 0.3) is 21.9 Å². The molecular weight excluding hydrogens is 612 g/mol. The number of pyridine rings is 1. The molecular formula is C37H42N4O7. The van der Waals surface area contributed by atoms with Crippen LogP contribution in [0, 0.1) is 6.92 Å². The van der Waals surface area contributed by atoms with Crippen molar-refractivity contribution in [1.29, 1.82) is 0 Å². The highest BCUT2D eigenvalue weighted by molar-refractivity contribution is 5.89. The van der Waals surface area contributed by atoms with Gasteiger partial charge in [0.25, 0.3) is 0 Å². The number of benzene rings is 3. The number of rotatable bonds is 12. The summed E-state index contributed by atoms with van der Waals surface area (Å²) in [6, 6.07) is 21.5. The molecule has 0 unspecified atom stereocenters. The lowest BCUT2D eigenvalue weighted by molar-refractivity contribution is -0.141. The maximum absolute atomic E-state index is 12.9. The largest absolute Gasteiger partial charge is 0.508 e. The van der Waals surface area contributed by atoms with Crippen LogP contribution < -0.4 is 15.5 Å². The highest BCUT2D eigenvalue weighted by atomic mass is 16.6. The van der Waals surface area contributed by atoms with Gasteiger partial charge >= 0.3 is 12.1 Å². The number of hydrogen-bond donors (Lipinski definition) is 3. The number of fused-ring (bicyclic) bond motifs is 1. The zero-order chi connectivity index (χ0) is 34.8. The van der Waals surface area contributed by atoms with Gasteiger partial charge in [0.2, 0.25) is 11.8 Å². The number of esters is 1. The Bertz CT molecular complexity index is 1770. The molecule has 0 aliphatic heterocycles. The molecule has 252 valence electrons. The molecule has 0 saturated heterocycles. The SMILES string of the molecule is COC(=O)C[C@H](NC(=O)CNC(=O)CCCN(C(=O)OC(C)(C)C)c1cc(C)ccn1)c1ccc(-c2ccc3cc(O)ccc3c2)cc1. The van der Waals surface area contributed by atoms with E-state index in [-0.39, 0.29) is 37.6 Å². The van der Waals surface area contributed by atoms with E-state index in [0.29, 0.717) is 17.8 Å². The highest BCUT2D eigenvalue weighted by Crippen LogP contribution is 2.28. The Hall–Kier alpha value is -5.45. The molecule has 4 rings (SSSR count). The predicted octanol–water partition coefficient (Wildman–Crippen LogP) is 5.97. The van der Waals surface area contributed by atoms with Gasteiger partial charge in [-0.2, -0.15) is 0 Å². The summed E-state index contributed by atoms with van der Waals surface area (Å²) in [7, 11) is 1.28. The van der Waals surface area contributed by atoms with Crippen LogP contribution >= 0.6 is 0 Å². The summed E-state index contributed by atoms with van der Waals surface area (Å²) in [4.78, 5) is 56.3. The van der Waals surface area contributed by atoms with Crippen molar-refractivity contribution in [2.45, 2.75) is 58.6 Å². The Labute approximate surface area is 280 Å². The molecule has 11 heteroatoms. The van der Waals surface area contributed by atoms with Crippen LogP contribution in [0.5, 0.6) is 5.75 Å². The third kappa shape index (κ3) is 10.3. The third-order valence-electron chi connectivity index (χ3n) is 7.43. The van der Waals surface area contributed by atoms with Crippen molar-refractivity contribution in [3.63, 3.8) is 0 Å². The van der Waals surface area contributed by atoms with Crippen molar-refractivity contribution in [3.05, 3.63) is 90.1 Å². The number of aromatic nitrogens is 1. The lowest BCUT2D eigenvalue weighted by atomic mass is 9.97. The number of phenols is 1. The van der Waals surface area contributed by atoms with Crippen LogP contribution in [0.1, 0.15) is 57.2 Å². The number of nitrogens with zero attached hydrogens (tertiary/aromatic N) is 2. The lowest BCUT2D eigenvalue weighted by Crippen LogP contribution is -2.40. The number of anilines is 1. The molecule has 0 spiro atoms. The molecule has 11 nitrogen and oxygen atoms in total. The van der Waals surface area contributed by atoms with Gasteiger partial charge in [-0.15, -0.1) is 0 Å². The number of amides is 3. The van der Waals surface area contributed by atoms with E-state index in [4.69, 9.17) is 9.47 Å². The number of methoxy groups -OCH3 is 1. The summed E-state index contributed by atoms with van der Waals surface area (Å²) >= 11 is 0. The maximum Gasteiger partial charge on any atom is 0.416 e. The Kier molecular flexibility index (Phi) is 11.7. The lowest BCUT2D eigenvalue weighted by Gasteiger charge is -2.27. The molecule has 1 heterocycles. The second kappa shape index (κ2) is 15.9. The third-order valence-corrected chi connectivity index (χ3v) is 7.43. The van der Waals surface area contributed by atoms with E-state index in [9.17, 15) is 24.3 Å². The average molecular weight is 655 g/mol. The van der Waals surface area contributed by atoms with Crippen LogP contribution in [0.15, 0.2) is 79.0 Å². The minimum atomic E-state index is -0.707. The second-order valence-electron chi connectivity index (χ2n) is 12.5. The minimum Gasteiger partial charge on any atom is -0.508 e. The molecule has 1 atom stereocenters. The zero-order valence-electron chi connectivity index (χ0n) is 27.9. The van der Waals surface area contributed by atoms with Crippen LogP contribution in [0.2, 0.25) is 0 Å². The fourth-order valence-corrected chi connectivity index (χ4v) is 5.02. The van der Waals surface area contributed by atoms with Crippen molar-refractivity contribution in [2.24, 2.45) is 0 Å². The van der Waals surface area contributed by atoms with Gasteiger partial charge in [-0.05, 0) is 97.5 Å². The highest BCUT2D eigenvalue weighted by Gasteiger charge is 2.25. The number of aryl methyl sites for hydroxylation is 1. The molecule has 0 fully saturated rings. The molecule has 3 amide bonds. The molecule has 4 aromatic rings. The number of aromatic hydroxyl groups is 1. The first kappa shape index (κ1) is 35.4. The first-order valence-electron chi connectivity index (χ1n) is 15.7. The smallest absolute Gasteiger partial charge is 0.416 e. The molecule has 3 aromatic carbocycles. The van der Waals surface area contributed by atoms with Crippen molar-refractivity contribution < 1.29 is 33.8 Å². The molecule has 0 bridgehead atoms. The van der Waals surface area contributed by atoms with E-state index in [1.165, 1.54) is 12.0 Å². The van der Waals surface area contributed by atoms with Crippen LogP contribution in [0.4, 0.5) is 10.6 Å². The Morgan fingerprint density at radius 2 is 1.58 bits per heavy atom. The van der Waals surface area contributed by atoms with Crippen LogP contribution in [0.3, 0.4) is 0 Å². The van der Waals surface area contributed by atoms with E-state index >= 15 is 0 Å². The predicted molar refractivity (Wildman–Crippen MR) is 183 cm³/mol. The molecule has 0 radical (unpaired) electrons. The number of nitrogens with one attached hydrogen (secondary N) is 2. The van der Waals surface area contributed by atoms with Crippen molar-refractivity contribution in [2.75, 3.05) is 25.1 Å². The standard InChI is InChI=1S/C37H42N4O7/c1-24-16-17-38-32(19-24)41(36(46)48-37(2,3)4)18-6-7-33(43)39-23-34(44)40-31(22-35(45)47-5)26-10-8-25(9-11-26)27-12-13-29-21-30(42)15-14-28(29)20-27/h8-17,19-21,31,42H,6-7,18,22-23H2,1-5H3,(H,39,43)(H,40,44)/t31-/m0/s1. The van der Waals surface area contributed by atoms with E-state index in [0.717, 1.165) is 27.5 Å². The van der Waals surface area contributed by atoms with Crippen LogP contribution in [-0.2, 0) is 23.9 Å². The summed E-state index contributed by atoms with van der Waals surface area (Å²) in [5.41, 5.74) is 2.82. The van der Waals surface area contributed by atoms with Crippen molar-refractivity contribution in [1.82, 2.24) is 15.6 Å². The summed E-state index contributed by atoms with van der Waals surface area (Å²) in [6.07, 6.45) is 1.31. The van der Waals surface area contributed by atoms with E-state index in [2.05, 4.69) is 15.6 Å². The van der Waals surface area contributed by atoms with Crippen molar-refractivity contribution in [3.8, 4) is 16.9 Å². The average Bonchev–Trinajstić information content (AvgIpc) is 3.04. The molecule has 0 aliphatic carbocycles. The Morgan fingerprint density at radius 1 is 0.896 bits per heavy atom. The normalized spacial score (nSPS) is 11.8. The fraction of sp³-hybridized carbons (Fsp3) is 0.324. The molecule has 3 N–H and O–H groups in total. The Morgan fingerprint density at radius 3 is 2.27 bits per heavy atom. The first-order chi connectivity index (χ1) is 22.8. The van der Waals surface area contributed by atoms with E-state index in [1.54, 1.807) is 45.2 Å². The van der Waals surface area contributed by atoms with Crippen LogP contribution in [-0.4, -0.2) is 59.8 Å². The zero-order valence-corrected chi connectivity index (χ0v) is 27.9. The number of carbonyl (C=O) groups excluding carboxylic acids is 4. The van der Waals surface area contributed by atoms with Gasteiger partial charge in [0.15, 0.2) is 0 Å². The van der Waals surface area contributed by atoms with Gasteiger partial charge in [-0.1, -0.05) is 42.5 Å². The monoisotopic (exact) mass is 654 g/mol. The van der Waals surface area contributed by atoms with Gasteiger partial charge in [0, 0.05) is 19.2 Å². The topological polar surface area (TPSA) is 147 Å². The van der Waals surface area contributed by atoms with Gasteiger partial charge < -0.3 is 25.2 Å². The summed E-state index contributed by atoms with van der Waals surface area (Å²) < 4.78 is 10.4. The fourth-order valence-electron chi connectivity index (χ4n) is 5.02. The van der Waals surface area contributed by atoms with Crippen molar-refractivity contribution >= 4 is 40.5 Å². The number of ether oxygens (including phenoxy) is 2. The quantitative estimate of drug-likeness (QED) is 0.158. The second-order valence-corrected chi connectivity index (χ2v) is 12.5. The first-order valence-corrected chi connectivity index (χ1v) is 15.7. The number of carbonyl (C=O) groups is 4. The van der Waals surface area contributed by atoms with E-state index in [1.807, 2.05) is 61.5 Å². The molecule has 48 heavy (non-hydrogen) atoms. The van der Waals surface area contributed by atoms with Gasteiger partial charge in [-0.3, -0.25) is 19.3 Å². The summed E-state index contributed by atoms with van der Waals surface area (Å²) in [5, 5.41) is 17.1. The summed E-state index contributed by atoms with van der Waals surface area (Å²) in [5.74, 6) is -0.712. The van der Waals surface area contributed by atoms with E-state index < -0.39 is 29.6 Å². The minimum absolute atomic E-state index is 0.0569. The van der Waals surface area contributed by atoms with Gasteiger partial charge in [0.1, 0.15) is 17.2 Å². The number of phenolic OH excluding ortho intramolecular Hbond substituents is 1. The molecule has 0 saturated carbocycles.